The molecule has 1 aromatic carbocycles. The summed E-state index contributed by atoms with van der Waals surface area (Å²) in [7, 11) is 0. The number of benzene rings is 1. The number of rotatable bonds is 13. The van der Waals surface area contributed by atoms with Crippen molar-refractivity contribution in [3.63, 3.8) is 0 Å². The molecule has 2 aromatic heterocycles. The molecule has 3 aromatic rings. The van der Waals surface area contributed by atoms with Gasteiger partial charge >= 0.3 is 0 Å². The highest BCUT2D eigenvalue weighted by molar-refractivity contribution is 7.22. The van der Waals surface area contributed by atoms with E-state index < -0.39 is 0 Å². The van der Waals surface area contributed by atoms with Gasteiger partial charge in [-0.1, -0.05) is 69.6 Å². The van der Waals surface area contributed by atoms with Gasteiger partial charge in [0, 0.05) is 20.5 Å². The van der Waals surface area contributed by atoms with Crippen LogP contribution in [0.15, 0.2) is 29.4 Å². The summed E-state index contributed by atoms with van der Waals surface area (Å²) in [6.07, 6.45) is 13.2. The molecular weight excluding hydrogens is 456 g/mol. The van der Waals surface area contributed by atoms with E-state index in [4.69, 9.17) is 9.47 Å². The second-order valence-corrected chi connectivity index (χ2v) is 12.0. The summed E-state index contributed by atoms with van der Waals surface area (Å²) in [6.45, 7) is 12.8. The van der Waals surface area contributed by atoms with Crippen molar-refractivity contribution in [1.82, 2.24) is 0 Å². The number of thiophene rings is 2. The lowest BCUT2D eigenvalue weighted by Crippen LogP contribution is -2.00. The summed E-state index contributed by atoms with van der Waals surface area (Å²) >= 11 is 3.73. The third-order valence-corrected chi connectivity index (χ3v) is 9.07. The first-order valence-corrected chi connectivity index (χ1v) is 14.8. The number of fused-ring (bicyclic) bond motifs is 2. The first kappa shape index (κ1) is 25.3. The third kappa shape index (κ3) is 5.54. The Kier molecular flexibility index (Phi) is 8.76. The molecule has 2 nitrogen and oxygen atoms in total. The van der Waals surface area contributed by atoms with Crippen LogP contribution in [0.3, 0.4) is 0 Å². The first-order valence-electron chi connectivity index (χ1n) is 13.2. The lowest BCUT2D eigenvalue weighted by atomic mass is 10.1. The predicted molar refractivity (Wildman–Crippen MR) is 152 cm³/mol. The fourth-order valence-corrected chi connectivity index (χ4v) is 6.90. The molecule has 0 radical (unpaired) electrons. The van der Waals surface area contributed by atoms with E-state index in [-0.39, 0.29) is 0 Å². The molecule has 4 rings (SSSR count). The van der Waals surface area contributed by atoms with E-state index in [1.54, 1.807) is 0 Å². The maximum Gasteiger partial charge on any atom is 0.146 e. The lowest BCUT2D eigenvalue weighted by molar-refractivity contribution is 0.307. The van der Waals surface area contributed by atoms with Crippen LogP contribution in [0.2, 0.25) is 0 Å². The van der Waals surface area contributed by atoms with Crippen molar-refractivity contribution in [2.75, 3.05) is 13.2 Å². The summed E-state index contributed by atoms with van der Waals surface area (Å²) in [5.74, 6) is 2.14. The van der Waals surface area contributed by atoms with Gasteiger partial charge in [0.05, 0.1) is 22.6 Å². The molecule has 0 unspecified atom stereocenters. The number of aryl methyl sites for hydroxylation is 1. The van der Waals surface area contributed by atoms with Crippen LogP contribution in [0.25, 0.3) is 25.7 Å². The highest BCUT2D eigenvalue weighted by Crippen LogP contribution is 2.51. The van der Waals surface area contributed by atoms with Crippen LogP contribution < -0.4 is 9.47 Å². The Balaban J connectivity index is 1.74. The zero-order valence-corrected chi connectivity index (χ0v) is 23.3. The average Bonchev–Trinajstić information content (AvgIpc) is 3.51. The van der Waals surface area contributed by atoms with Crippen molar-refractivity contribution in [2.45, 2.75) is 92.4 Å². The SMILES string of the molecule is CCCCCCOc1c2cc(C3=CC(C)=C(C)C3)sc2c(OCCCCCC)c2cc(C)sc12. The van der Waals surface area contributed by atoms with Gasteiger partial charge in [-0.2, -0.15) is 0 Å². The molecule has 184 valence electrons. The quantitative estimate of drug-likeness (QED) is 0.219. The average molecular weight is 497 g/mol. The summed E-state index contributed by atoms with van der Waals surface area (Å²) in [4.78, 5) is 2.67. The largest absolute Gasteiger partial charge is 0.491 e. The molecule has 4 heteroatoms. The Morgan fingerprint density at radius 1 is 0.735 bits per heavy atom. The van der Waals surface area contributed by atoms with Crippen LogP contribution >= 0.6 is 22.7 Å². The molecule has 0 amide bonds. The minimum atomic E-state index is 0.784. The van der Waals surface area contributed by atoms with Crippen LogP contribution in [-0.4, -0.2) is 13.2 Å². The fraction of sp³-hybridized carbons (Fsp3) is 0.533. The molecule has 0 spiro atoms. The number of unbranched alkanes of at least 4 members (excludes halogenated alkanes) is 6. The Morgan fingerprint density at radius 3 is 1.88 bits per heavy atom. The van der Waals surface area contributed by atoms with Gasteiger partial charge in [-0.05, 0) is 57.7 Å². The van der Waals surface area contributed by atoms with Crippen molar-refractivity contribution in [2.24, 2.45) is 0 Å². The van der Waals surface area contributed by atoms with Crippen LogP contribution in [0, 0.1) is 6.92 Å². The minimum Gasteiger partial charge on any atom is -0.491 e. The van der Waals surface area contributed by atoms with Crippen LogP contribution in [0.5, 0.6) is 11.5 Å². The molecule has 0 saturated carbocycles. The molecule has 1 aliphatic rings. The van der Waals surface area contributed by atoms with Gasteiger partial charge in [-0.25, -0.2) is 0 Å². The molecular formula is C30H40O2S2. The predicted octanol–water partition coefficient (Wildman–Crippen LogP) is 10.5. The van der Waals surface area contributed by atoms with E-state index in [9.17, 15) is 0 Å². The number of allylic oxidation sites excluding steroid dienone is 4. The summed E-state index contributed by atoms with van der Waals surface area (Å²) in [5.41, 5.74) is 4.31. The summed E-state index contributed by atoms with van der Waals surface area (Å²) < 4.78 is 15.6. The van der Waals surface area contributed by atoms with Crippen LogP contribution in [-0.2, 0) is 0 Å². The maximum atomic E-state index is 6.55. The highest BCUT2D eigenvalue weighted by Gasteiger charge is 2.23. The maximum absolute atomic E-state index is 6.55. The second-order valence-electron chi connectivity index (χ2n) is 9.74. The van der Waals surface area contributed by atoms with E-state index in [1.165, 1.54) is 85.2 Å². The summed E-state index contributed by atoms with van der Waals surface area (Å²) in [6, 6.07) is 4.67. The van der Waals surface area contributed by atoms with Crippen molar-refractivity contribution in [3.05, 3.63) is 39.1 Å². The molecule has 1 aliphatic carbocycles. The van der Waals surface area contributed by atoms with Crippen molar-refractivity contribution >= 4 is 48.4 Å². The van der Waals surface area contributed by atoms with Crippen LogP contribution in [0.1, 0.15) is 95.2 Å². The normalized spacial score (nSPS) is 14.0. The lowest BCUT2D eigenvalue weighted by Gasteiger charge is -2.13. The fourth-order valence-electron chi connectivity index (χ4n) is 4.69. The van der Waals surface area contributed by atoms with Gasteiger partial charge in [0.25, 0.3) is 0 Å². The molecule has 0 fully saturated rings. The second kappa shape index (κ2) is 11.8. The highest BCUT2D eigenvalue weighted by atomic mass is 32.1. The molecule has 0 saturated heterocycles. The van der Waals surface area contributed by atoms with Gasteiger partial charge in [-0.3, -0.25) is 0 Å². The van der Waals surface area contributed by atoms with E-state index in [1.807, 2.05) is 22.7 Å². The van der Waals surface area contributed by atoms with Crippen molar-refractivity contribution in [3.8, 4) is 11.5 Å². The minimum absolute atomic E-state index is 0.784. The van der Waals surface area contributed by atoms with Gasteiger partial charge in [-0.15, -0.1) is 22.7 Å². The van der Waals surface area contributed by atoms with E-state index >= 15 is 0 Å². The molecule has 0 bridgehead atoms. The van der Waals surface area contributed by atoms with Crippen LogP contribution in [0.4, 0.5) is 0 Å². The molecule has 34 heavy (non-hydrogen) atoms. The molecule has 2 heterocycles. The third-order valence-electron chi connectivity index (χ3n) is 6.81. The zero-order valence-electron chi connectivity index (χ0n) is 21.6. The van der Waals surface area contributed by atoms with Gasteiger partial charge in [0.1, 0.15) is 11.5 Å². The molecule has 0 N–H and O–H groups in total. The Bertz CT molecular complexity index is 1120. The smallest absolute Gasteiger partial charge is 0.146 e. The first-order chi connectivity index (χ1) is 16.5. The van der Waals surface area contributed by atoms with Gasteiger partial charge < -0.3 is 9.47 Å². The van der Waals surface area contributed by atoms with Gasteiger partial charge in [0.2, 0.25) is 0 Å². The number of hydrogen-bond donors (Lipinski definition) is 0. The molecule has 0 atom stereocenters. The Hall–Kier alpha value is -1.78. The zero-order chi connectivity index (χ0) is 24.1. The Morgan fingerprint density at radius 2 is 1.32 bits per heavy atom. The Labute approximate surface area is 213 Å². The standard InChI is InChI=1S/C30H40O2S2/c1-6-8-10-12-14-31-27-24-18-22(5)33-29(24)28(32-15-13-11-9-7-2)25-19-26(34-30(25)27)23-16-20(3)21(4)17-23/h16,18-19H,6-15,17H2,1-5H3. The van der Waals surface area contributed by atoms with Crippen molar-refractivity contribution in [1.29, 1.82) is 0 Å². The molecule has 0 aliphatic heterocycles. The van der Waals surface area contributed by atoms with E-state index in [0.29, 0.717) is 0 Å². The number of hydrogen-bond acceptors (Lipinski definition) is 4. The van der Waals surface area contributed by atoms with Gasteiger partial charge in [0.15, 0.2) is 0 Å². The van der Waals surface area contributed by atoms with Crippen molar-refractivity contribution < 1.29 is 9.47 Å². The monoisotopic (exact) mass is 496 g/mol. The topological polar surface area (TPSA) is 18.5 Å². The number of ether oxygens (including phenoxy) is 2. The summed E-state index contributed by atoms with van der Waals surface area (Å²) in [5, 5.41) is 2.46. The van der Waals surface area contributed by atoms with E-state index in [2.05, 4.69) is 52.8 Å². The van der Waals surface area contributed by atoms with E-state index in [0.717, 1.165) is 44.0 Å².